The lowest BCUT2D eigenvalue weighted by Gasteiger charge is -2.06. The highest BCUT2D eigenvalue weighted by atomic mass is 32.1. The minimum Gasteiger partial charge on any atom is -0.484 e. The average molecular weight is 378 g/mol. The van der Waals surface area contributed by atoms with Gasteiger partial charge in [0, 0.05) is 22.7 Å². The number of thiazole rings is 1. The van der Waals surface area contributed by atoms with Gasteiger partial charge in [-0.3, -0.25) is 10.1 Å². The molecule has 0 aliphatic heterocycles. The maximum atomic E-state index is 11.9. The zero-order valence-electron chi connectivity index (χ0n) is 14.0. The second-order valence-electron chi connectivity index (χ2n) is 5.49. The summed E-state index contributed by atoms with van der Waals surface area (Å²) in [5, 5.41) is 9.00. The van der Waals surface area contributed by atoms with Gasteiger partial charge in [0.05, 0.1) is 0 Å². The lowest BCUT2D eigenvalue weighted by atomic mass is 10.2. The van der Waals surface area contributed by atoms with E-state index in [1.165, 1.54) is 11.3 Å². The lowest BCUT2D eigenvalue weighted by molar-refractivity contribution is -0.118. The van der Waals surface area contributed by atoms with Crippen LogP contribution in [0.15, 0.2) is 70.7 Å². The molecule has 0 saturated carbocycles. The molecule has 27 heavy (non-hydrogen) atoms. The highest BCUT2D eigenvalue weighted by Gasteiger charge is 2.12. The zero-order valence-corrected chi connectivity index (χ0v) is 14.8. The maximum Gasteiger partial charge on any atom is 0.264 e. The van der Waals surface area contributed by atoms with Gasteiger partial charge in [-0.2, -0.15) is 4.98 Å². The number of aromatic nitrogens is 3. The molecule has 2 aromatic heterocycles. The molecule has 0 aliphatic carbocycles. The Morgan fingerprint density at radius 2 is 1.96 bits per heavy atom. The molecule has 0 fully saturated rings. The third kappa shape index (κ3) is 4.18. The van der Waals surface area contributed by atoms with E-state index < -0.39 is 0 Å². The van der Waals surface area contributed by atoms with Gasteiger partial charge in [-0.05, 0) is 18.2 Å². The van der Waals surface area contributed by atoms with Gasteiger partial charge in [0.15, 0.2) is 11.7 Å². The van der Waals surface area contributed by atoms with Crippen LogP contribution in [-0.2, 0) is 4.79 Å². The number of rotatable bonds is 6. The number of benzene rings is 2. The summed E-state index contributed by atoms with van der Waals surface area (Å²) < 4.78 is 10.9. The van der Waals surface area contributed by atoms with Crippen LogP contribution in [-0.4, -0.2) is 27.6 Å². The van der Waals surface area contributed by atoms with Crippen molar-refractivity contribution >= 4 is 22.4 Å². The molecule has 0 unspecified atom stereocenters. The fourth-order valence-corrected chi connectivity index (χ4v) is 2.90. The molecule has 8 heteroatoms. The van der Waals surface area contributed by atoms with Crippen LogP contribution in [0.4, 0.5) is 5.13 Å². The summed E-state index contributed by atoms with van der Waals surface area (Å²) in [5.74, 6) is 1.15. The van der Waals surface area contributed by atoms with E-state index in [-0.39, 0.29) is 12.5 Å². The van der Waals surface area contributed by atoms with Crippen LogP contribution in [0.1, 0.15) is 0 Å². The molecule has 2 aromatic carbocycles. The van der Waals surface area contributed by atoms with Crippen molar-refractivity contribution in [3.05, 3.63) is 66.2 Å². The van der Waals surface area contributed by atoms with Gasteiger partial charge in [0.2, 0.25) is 5.82 Å². The van der Waals surface area contributed by atoms with Crippen molar-refractivity contribution in [2.75, 3.05) is 11.9 Å². The van der Waals surface area contributed by atoms with E-state index in [4.69, 9.17) is 9.26 Å². The van der Waals surface area contributed by atoms with Crippen LogP contribution in [0.5, 0.6) is 5.75 Å². The molecule has 134 valence electrons. The van der Waals surface area contributed by atoms with Gasteiger partial charge in [-0.25, -0.2) is 4.98 Å². The van der Waals surface area contributed by atoms with Crippen molar-refractivity contribution in [3.8, 4) is 28.6 Å². The van der Waals surface area contributed by atoms with Crippen LogP contribution in [0, 0.1) is 0 Å². The number of nitrogens with zero attached hydrogens (tertiary/aromatic N) is 3. The number of amides is 1. The number of nitrogens with one attached hydrogen (secondary N) is 1. The quantitative estimate of drug-likeness (QED) is 0.548. The summed E-state index contributed by atoms with van der Waals surface area (Å²) in [4.78, 5) is 20.3. The Bertz CT molecular complexity index is 1030. The highest BCUT2D eigenvalue weighted by Crippen LogP contribution is 2.25. The molecule has 0 spiro atoms. The lowest BCUT2D eigenvalue weighted by Crippen LogP contribution is -2.19. The molecule has 0 bridgehead atoms. The van der Waals surface area contributed by atoms with E-state index >= 15 is 0 Å². The van der Waals surface area contributed by atoms with Gasteiger partial charge in [0.1, 0.15) is 5.75 Å². The van der Waals surface area contributed by atoms with Crippen LogP contribution in [0.25, 0.3) is 22.8 Å². The minimum atomic E-state index is -0.278. The second kappa shape index (κ2) is 7.79. The summed E-state index contributed by atoms with van der Waals surface area (Å²) in [7, 11) is 0. The summed E-state index contributed by atoms with van der Waals surface area (Å²) in [6, 6.07) is 16.7. The molecule has 1 N–H and O–H groups in total. The number of hydrogen-bond donors (Lipinski definition) is 1. The van der Waals surface area contributed by atoms with E-state index in [0.29, 0.717) is 28.2 Å². The first-order chi connectivity index (χ1) is 13.3. The smallest absolute Gasteiger partial charge is 0.264 e. The standard InChI is InChI=1S/C19H14N4O3S/c24-16(21-19-20-9-10-27-19)12-25-15-8-4-7-14(11-15)18-22-17(23-26-18)13-5-2-1-3-6-13/h1-11H,12H2,(H,20,21,24). The molecule has 1 amide bonds. The SMILES string of the molecule is O=C(COc1cccc(-c2nc(-c3ccccc3)no2)c1)Nc1nccs1. The predicted octanol–water partition coefficient (Wildman–Crippen LogP) is 3.88. The molecule has 7 nitrogen and oxygen atoms in total. The molecule has 0 saturated heterocycles. The van der Waals surface area contributed by atoms with Crippen molar-refractivity contribution in [2.45, 2.75) is 0 Å². The third-order valence-electron chi connectivity index (χ3n) is 3.59. The highest BCUT2D eigenvalue weighted by molar-refractivity contribution is 7.13. The number of ether oxygens (including phenoxy) is 1. The van der Waals surface area contributed by atoms with Crippen LogP contribution in [0.3, 0.4) is 0 Å². The summed E-state index contributed by atoms with van der Waals surface area (Å²) in [6.45, 7) is -0.123. The first-order valence-corrected chi connectivity index (χ1v) is 8.97. The number of hydrogen-bond acceptors (Lipinski definition) is 7. The van der Waals surface area contributed by atoms with Crippen LogP contribution < -0.4 is 10.1 Å². The Balaban J connectivity index is 1.43. The number of carbonyl (C=O) groups is 1. The Morgan fingerprint density at radius 3 is 2.78 bits per heavy atom. The van der Waals surface area contributed by atoms with Gasteiger partial charge in [0.25, 0.3) is 11.8 Å². The van der Waals surface area contributed by atoms with Crippen molar-refractivity contribution in [1.82, 2.24) is 15.1 Å². The van der Waals surface area contributed by atoms with Crippen molar-refractivity contribution in [2.24, 2.45) is 0 Å². The average Bonchev–Trinajstić information content (AvgIpc) is 3.39. The Hall–Kier alpha value is -3.52. The molecular formula is C19H14N4O3S. The van der Waals surface area contributed by atoms with Crippen molar-refractivity contribution < 1.29 is 14.1 Å². The van der Waals surface area contributed by atoms with Gasteiger partial charge in [-0.1, -0.05) is 41.6 Å². The topological polar surface area (TPSA) is 90.1 Å². The maximum absolute atomic E-state index is 11.9. The van der Waals surface area contributed by atoms with Crippen molar-refractivity contribution in [1.29, 1.82) is 0 Å². The molecule has 0 atom stereocenters. The fourth-order valence-electron chi connectivity index (χ4n) is 2.35. The fraction of sp³-hybridized carbons (Fsp3) is 0.0526. The summed E-state index contributed by atoms with van der Waals surface area (Å²) in [5.41, 5.74) is 1.58. The molecule has 4 aromatic rings. The Kier molecular flexibility index (Phi) is 4.88. The normalized spacial score (nSPS) is 10.5. The largest absolute Gasteiger partial charge is 0.484 e. The monoisotopic (exact) mass is 378 g/mol. The second-order valence-corrected chi connectivity index (χ2v) is 6.39. The van der Waals surface area contributed by atoms with Gasteiger partial charge in [-0.15, -0.1) is 11.3 Å². The summed E-state index contributed by atoms with van der Waals surface area (Å²) in [6.07, 6.45) is 1.62. The minimum absolute atomic E-state index is 0.123. The van der Waals surface area contributed by atoms with E-state index in [1.54, 1.807) is 29.8 Å². The first kappa shape index (κ1) is 16.9. The third-order valence-corrected chi connectivity index (χ3v) is 4.28. The molecular weight excluding hydrogens is 364 g/mol. The predicted molar refractivity (Wildman–Crippen MR) is 101 cm³/mol. The van der Waals surface area contributed by atoms with E-state index in [0.717, 1.165) is 5.56 Å². The van der Waals surface area contributed by atoms with E-state index in [2.05, 4.69) is 20.4 Å². The molecule has 2 heterocycles. The Morgan fingerprint density at radius 1 is 1.11 bits per heavy atom. The van der Waals surface area contributed by atoms with Gasteiger partial charge >= 0.3 is 0 Å². The zero-order chi connectivity index (χ0) is 18.5. The van der Waals surface area contributed by atoms with Crippen LogP contribution in [0.2, 0.25) is 0 Å². The Labute approximate surface area is 158 Å². The van der Waals surface area contributed by atoms with Crippen LogP contribution >= 0.6 is 11.3 Å². The summed E-state index contributed by atoms with van der Waals surface area (Å²) >= 11 is 1.35. The van der Waals surface area contributed by atoms with E-state index in [9.17, 15) is 4.79 Å². The molecule has 4 rings (SSSR count). The molecule has 0 aliphatic rings. The number of anilines is 1. The van der Waals surface area contributed by atoms with E-state index in [1.807, 2.05) is 36.4 Å². The van der Waals surface area contributed by atoms with Crippen molar-refractivity contribution in [3.63, 3.8) is 0 Å². The first-order valence-electron chi connectivity index (χ1n) is 8.10. The number of carbonyl (C=O) groups excluding carboxylic acids is 1. The molecule has 0 radical (unpaired) electrons. The van der Waals surface area contributed by atoms with Gasteiger partial charge < -0.3 is 9.26 Å².